The Hall–Kier alpha value is -1.03. The Morgan fingerprint density at radius 3 is 2.19 bits per heavy atom. The van der Waals surface area contributed by atoms with Crippen molar-refractivity contribution in [3.05, 3.63) is 40.4 Å². The summed E-state index contributed by atoms with van der Waals surface area (Å²) in [4.78, 5) is 11.9. The van der Waals surface area contributed by atoms with Gasteiger partial charge in [0.05, 0.1) is 5.25 Å². The van der Waals surface area contributed by atoms with Crippen LogP contribution in [0.3, 0.4) is 0 Å². The zero-order chi connectivity index (χ0) is 12.1. The van der Waals surface area contributed by atoms with Crippen molar-refractivity contribution in [1.29, 1.82) is 0 Å². The van der Waals surface area contributed by atoms with E-state index in [1.165, 1.54) is 0 Å². The minimum atomic E-state index is -0.495. The lowest BCUT2D eigenvalue weighted by Gasteiger charge is -2.19. The van der Waals surface area contributed by atoms with Gasteiger partial charge in [0.25, 0.3) is 0 Å². The van der Waals surface area contributed by atoms with Crippen LogP contribution in [0, 0.1) is 16.0 Å². The van der Waals surface area contributed by atoms with Crippen molar-refractivity contribution in [2.75, 3.05) is 0 Å². The molecule has 4 heteroatoms. The molecule has 0 spiro atoms. The first kappa shape index (κ1) is 13.0. The van der Waals surface area contributed by atoms with E-state index in [0.717, 1.165) is 4.90 Å². The molecule has 2 atom stereocenters. The zero-order valence-electron chi connectivity index (χ0n) is 9.79. The number of thioether (sulfide) groups is 1. The van der Waals surface area contributed by atoms with Crippen LogP contribution in [-0.2, 0) is 0 Å². The van der Waals surface area contributed by atoms with Gasteiger partial charge in [0.2, 0.25) is 6.04 Å². The van der Waals surface area contributed by atoms with Crippen LogP contribution in [0.25, 0.3) is 0 Å². The summed E-state index contributed by atoms with van der Waals surface area (Å²) in [5.41, 5.74) is 0. The molecule has 16 heavy (non-hydrogen) atoms. The monoisotopic (exact) mass is 239 g/mol. The molecule has 0 heterocycles. The molecule has 0 N–H and O–H groups in total. The molecular formula is C12H17NO2S. The first-order chi connectivity index (χ1) is 7.52. The van der Waals surface area contributed by atoms with Crippen molar-refractivity contribution in [2.45, 2.75) is 37.0 Å². The van der Waals surface area contributed by atoms with E-state index in [-0.39, 0.29) is 16.1 Å². The lowest BCUT2D eigenvalue weighted by atomic mass is 10.0. The molecular weight excluding hydrogens is 222 g/mol. The van der Waals surface area contributed by atoms with Gasteiger partial charge in [-0.2, -0.15) is 0 Å². The second-order valence-electron chi connectivity index (χ2n) is 4.16. The number of hydrogen-bond acceptors (Lipinski definition) is 3. The molecule has 88 valence electrons. The Balaban J connectivity index is 2.70. The molecule has 0 aliphatic carbocycles. The first-order valence-corrected chi connectivity index (χ1v) is 6.25. The fourth-order valence-corrected chi connectivity index (χ4v) is 3.04. The maximum absolute atomic E-state index is 11.0. The van der Waals surface area contributed by atoms with Crippen LogP contribution in [0.4, 0.5) is 0 Å². The van der Waals surface area contributed by atoms with Crippen LogP contribution in [0.15, 0.2) is 35.2 Å². The summed E-state index contributed by atoms with van der Waals surface area (Å²) >= 11 is 1.57. The van der Waals surface area contributed by atoms with Gasteiger partial charge in [-0.3, -0.25) is 10.1 Å². The molecule has 0 aliphatic rings. The Bertz CT molecular complexity index is 340. The molecule has 0 bridgehead atoms. The molecule has 2 unspecified atom stereocenters. The molecule has 1 aromatic rings. The van der Waals surface area contributed by atoms with Gasteiger partial charge in [-0.05, 0) is 19.1 Å². The highest BCUT2D eigenvalue weighted by atomic mass is 32.2. The third-order valence-corrected chi connectivity index (χ3v) is 3.67. The van der Waals surface area contributed by atoms with E-state index < -0.39 is 6.04 Å². The average Bonchev–Trinajstić information content (AvgIpc) is 2.17. The van der Waals surface area contributed by atoms with Crippen molar-refractivity contribution in [1.82, 2.24) is 0 Å². The number of benzene rings is 1. The van der Waals surface area contributed by atoms with E-state index in [1.807, 2.05) is 51.1 Å². The summed E-state index contributed by atoms with van der Waals surface area (Å²) in [5, 5.41) is 10.9. The van der Waals surface area contributed by atoms with Crippen molar-refractivity contribution < 1.29 is 4.92 Å². The molecule has 0 saturated carbocycles. The lowest BCUT2D eigenvalue weighted by Crippen LogP contribution is -2.34. The highest BCUT2D eigenvalue weighted by Gasteiger charge is 2.31. The minimum Gasteiger partial charge on any atom is -0.264 e. The van der Waals surface area contributed by atoms with Crippen LogP contribution in [0.1, 0.15) is 20.8 Å². The van der Waals surface area contributed by atoms with Crippen molar-refractivity contribution >= 4 is 11.8 Å². The Labute approximate surface area is 100 Å². The van der Waals surface area contributed by atoms with Crippen LogP contribution < -0.4 is 0 Å². The average molecular weight is 239 g/mol. The Morgan fingerprint density at radius 1 is 1.19 bits per heavy atom. The number of rotatable bonds is 5. The van der Waals surface area contributed by atoms with Gasteiger partial charge in [0.15, 0.2) is 0 Å². The van der Waals surface area contributed by atoms with Gasteiger partial charge >= 0.3 is 0 Å². The predicted molar refractivity (Wildman–Crippen MR) is 67.4 cm³/mol. The second-order valence-corrected chi connectivity index (χ2v) is 5.61. The van der Waals surface area contributed by atoms with Crippen molar-refractivity contribution in [3.63, 3.8) is 0 Å². The molecule has 0 aromatic heterocycles. The topological polar surface area (TPSA) is 43.1 Å². The largest absolute Gasteiger partial charge is 0.264 e. The van der Waals surface area contributed by atoms with Gasteiger partial charge in [-0.1, -0.05) is 32.0 Å². The molecule has 0 radical (unpaired) electrons. The molecule has 3 nitrogen and oxygen atoms in total. The maximum atomic E-state index is 11.0. The smallest absolute Gasteiger partial charge is 0.227 e. The highest BCUT2D eigenvalue weighted by molar-refractivity contribution is 8.00. The van der Waals surface area contributed by atoms with E-state index in [1.54, 1.807) is 11.8 Å². The molecule has 1 aromatic carbocycles. The van der Waals surface area contributed by atoms with Gasteiger partial charge in [-0.25, -0.2) is 0 Å². The third kappa shape index (κ3) is 3.52. The number of nitro groups is 1. The fraction of sp³-hybridized carbons (Fsp3) is 0.500. The zero-order valence-corrected chi connectivity index (χ0v) is 10.6. The summed E-state index contributed by atoms with van der Waals surface area (Å²) in [7, 11) is 0. The Kier molecular flexibility index (Phi) is 4.80. The lowest BCUT2D eigenvalue weighted by molar-refractivity contribution is -0.529. The van der Waals surface area contributed by atoms with Gasteiger partial charge in [0, 0.05) is 15.7 Å². The third-order valence-electron chi connectivity index (χ3n) is 2.47. The standard InChI is InChI=1S/C12H17NO2S/c1-9(2)12(13(14)15)10(3)16-11-7-5-4-6-8-11/h4-10,12H,1-3H3. The molecule has 1 rings (SSSR count). The SMILES string of the molecule is CC(C)C(C(C)Sc1ccccc1)[N+](=O)[O-]. The molecule has 0 fully saturated rings. The molecule has 0 aliphatic heterocycles. The van der Waals surface area contributed by atoms with Crippen molar-refractivity contribution in [3.8, 4) is 0 Å². The predicted octanol–water partition coefficient (Wildman–Crippen LogP) is 3.47. The number of hydrogen-bond donors (Lipinski definition) is 0. The van der Waals surface area contributed by atoms with Crippen LogP contribution in [0.2, 0.25) is 0 Å². The summed E-state index contributed by atoms with van der Waals surface area (Å²) in [6.45, 7) is 5.72. The summed E-state index contributed by atoms with van der Waals surface area (Å²) in [6.07, 6.45) is 0. The summed E-state index contributed by atoms with van der Waals surface area (Å²) < 4.78 is 0. The van der Waals surface area contributed by atoms with Gasteiger partial charge in [-0.15, -0.1) is 11.8 Å². The maximum Gasteiger partial charge on any atom is 0.227 e. The van der Waals surface area contributed by atoms with Gasteiger partial charge < -0.3 is 0 Å². The Morgan fingerprint density at radius 2 is 1.75 bits per heavy atom. The fourth-order valence-electron chi connectivity index (χ4n) is 1.74. The summed E-state index contributed by atoms with van der Waals surface area (Å²) in [5.74, 6) is 0.0567. The van der Waals surface area contributed by atoms with E-state index in [0.29, 0.717) is 0 Å². The van der Waals surface area contributed by atoms with Crippen LogP contribution in [-0.4, -0.2) is 16.2 Å². The molecule has 0 saturated heterocycles. The van der Waals surface area contributed by atoms with Crippen LogP contribution in [0.5, 0.6) is 0 Å². The van der Waals surface area contributed by atoms with Crippen molar-refractivity contribution in [2.24, 2.45) is 5.92 Å². The van der Waals surface area contributed by atoms with Crippen LogP contribution >= 0.6 is 11.8 Å². The highest BCUT2D eigenvalue weighted by Crippen LogP contribution is 2.28. The first-order valence-electron chi connectivity index (χ1n) is 5.37. The van der Waals surface area contributed by atoms with Gasteiger partial charge in [0.1, 0.15) is 0 Å². The van der Waals surface area contributed by atoms with E-state index in [9.17, 15) is 10.1 Å². The normalized spacial score (nSPS) is 14.8. The van der Waals surface area contributed by atoms with E-state index in [4.69, 9.17) is 0 Å². The minimum absolute atomic E-state index is 0.0163. The summed E-state index contributed by atoms with van der Waals surface area (Å²) in [6, 6.07) is 9.32. The van der Waals surface area contributed by atoms with E-state index >= 15 is 0 Å². The second kappa shape index (κ2) is 5.89. The quantitative estimate of drug-likeness (QED) is 0.449. The molecule has 0 amide bonds. The van der Waals surface area contributed by atoms with E-state index in [2.05, 4.69) is 0 Å². The number of nitrogens with zero attached hydrogens (tertiary/aromatic N) is 1.